The lowest BCUT2D eigenvalue weighted by Crippen LogP contribution is -2.06. The van der Waals surface area contributed by atoms with E-state index in [0.29, 0.717) is 12.5 Å². The Morgan fingerprint density at radius 1 is 1.35 bits per heavy atom. The summed E-state index contributed by atoms with van der Waals surface area (Å²) < 4.78 is 4.80. The topological polar surface area (TPSA) is 38.7 Å². The lowest BCUT2D eigenvalue weighted by Gasteiger charge is -2.07. The van der Waals surface area contributed by atoms with Crippen LogP contribution in [0.2, 0.25) is 0 Å². The summed E-state index contributed by atoms with van der Waals surface area (Å²) in [6.45, 7) is 12.3. The van der Waals surface area contributed by atoms with Gasteiger partial charge in [0.2, 0.25) is 0 Å². The molecule has 3 nitrogen and oxygen atoms in total. The molecule has 0 fully saturated rings. The van der Waals surface area contributed by atoms with Gasteiger partial charge in [0.05, 0.1) is 6.61 Å². The second-order valence-electron chi connectivity index (χ2n) is 4.75. The molecule has 0 spiro atoms. The zero-order valence-electron chi connectivity index (χ0n) is 11.5. The highest BCUT2D eigenvalue weighted by Crippen LogP contribution is 2.11. The van der Waals surface area contributed by atoms with Crippen molar-refractivity contribution in [2.24, 2.45) is 16.8 Å². The minimum absolute atomic E-state index is 0.183. The van der Waals surface area contributed by atoms with Gasteiger partial charge in [-0.25, -0.2) is 4.79 Å². The molecule has 0 aromatic heterocycles. The first kappa shape index (κ1) is 15.9. The molecule has 1 atom stereocenters. The molecule has 1 unspecified atom stereocenters. The summed E-state index contributed by atoms with van der Waals surface area (Å²) in [5.74, 6) is 0.687. The number of aliphatic imine (C=N–C) groups is 1. The van der Waals surface area contributed by atoms with Crippen molar-refractivity contribution < 1.29 is 9.53 Å². The standard InChI is InChI=1S/C14H25NO2/c1-6-17-14(16)13(5)15-10-12(4)9-7-8-11(2)3/h10-12H,5-9H2,1-4H3. The van der Waals surface area contributed by atoms with Gasteiger partial charge in [0.25, 0.3) is 0 Å². The molecule has 0 aliphatic rings. The van der Waals surface area contributed by atoms with Crippen LogP contribution in [0.15, 0.2) is 17.3 Å². The highest BCUT2D eigenvalue weighted by Gasteiger charge is 2.06. The maximum absolute atomic E-state index is 11.2. The number of esters is 1. The Hall–Kier alpha value is -1.12. The molecule has 3 heteroatoms. The molecule has 0 aromatic carbocycles. The van der Waals surface area contributed by atoms with Crippen LogP contribution in [-0.2, 0) is 9.53 Å². The van der Waals surface area contributed by atoms with Crippen LogP contribution in [0.4, 0.5) is 0 Å². The summed E-state index contributed by atoms with van der Waals surface area (Å²) >= 11 is 0. The Balaban J connectivity index is 3.89. The van der Waals surface area contributed by atoms with Crippen molar-refractivity contribution in [2.45, 2.75) is 47.0 Å². The Labute approximate surface area is 105 Å². The summed E-state index contributed by atoms with van der Waals surface area (Å²) in [4.78, 5) is 15.3. The van der Waals surface area contributed by atoms with Crippen molar-refractivity contribution in [2.75, 3.05) is 6.61 Å². The molecule has 0 amide bonds. The van der Waals surface area contributed by atoms with Crippen LogP contribution in [0.3, 0.4) is 0 Å². The first-order chi connectivity index (χ1) is 7.97. The predicted octanol–water partition coefficient (Wildman–Crippen LogP) is 3.60. The maximum atomic E-state index is 11.2. The quantitative estimate of drug-likeness (QED) is 0.369. The largest absolute Gasteiger partial charge is 0.461 e. The third-order valence-electron chi connectivity index (χ3n) is 2.44. The van der Waals surface area contributed by atoms with Crippen LogP contribution in [0, 0.1) is 11.8 Å². The summed E-state index contributed by atoms with van der Waals surface area (Å²) in [6, 6.07) is 0. The zero-order chi connectivity index (χ0) is 13.3. The van der Waals surface area contributed by atoms with Crippen LogP contribution < -0.4 is 0 Å². The van der Waals surface area contributed by atoms with E-state index in [1.165, 1.54) is 12.8 Å². The summed E-state index contributed by atoms with van der Waals surface area (Å²) in [7, 11) is 0. The van der Waals surface area contributed by atoms with Gasteiger partial charge in [-0.05, 0) is 25.2 Å². The van der Waals surface area contributed by atoms with Gasteiger partial charge in [0.15, 0.2) is 0 Å². The van der Waals surface area contributed by atoms with Crippen LogP contribution in [-0.4, -0.2) is 18.8 Å². The fourth-order valence-corrected chi connectivity index (χ4v) is 1.41. The number of ether oxygens (including phenoxy) is 1. The van der Waals surface area contributed by atoms with Gasteiger partial charge in [0.1, 0.15) is 5.70 Å². The molecule has 0 rings (SSSR count). The van der Waals surface area contributed by atoms with Crippen molar-refractivity contribution in [1.29, 1.82) is 0 Å². The Kier molecular flexibility index (Phi) is 8.38. The fourth-order valence-electron chi connectivity index (χ4n) is 1.41. The van der Waals surface area contributed by atoms with Crippen molar-refractivity contribution in [3.05, 3.63) is 12.3 Å². The number of carbonyl (C=O) groups is 1. The van der Waals surface area contributed by atoms with Gasteiger partial charge in [-0.3, -0.25) is 4.99 Å². The molecule has 98 valence electrons. The molecular formula is C14H25NO2. The fraction of sp³-hybridized carbons (Fsp3) is 0.714. The number of hydrogen-bond donors (Lipinski definition) is 0. The van der Waals surface area contributed by atoms with Gasteiger partial charge >= 0.3 is 5.97 Å². The molecular weight excluding hydrogens is 214 g/mol. The third kappa shape index (κ3) is 8.66. The van der Waals surface area contributed by atoms with E-state index in [9.17, 15) is 4.79 Å². The van der Waals surface area contributed by atoms with Gasteiger partial charge in [-0.1, -0.05) is 40.2 Å². The summed E-state index contributed by atoms with van der Waals surface area (Å²) in [6.07, 6.45) is 5.31. The molecule has 0 bridgehead atoms. The Morgan fingerprint density at radius 2 is 2.00 bits per heavy atom. The van der Waals surface area contributed by atoms with Crippen molar-refractivity contribution in [1.82, 2.24) is 0 Å². The highest BCUT2D eigenvalue weighted by molar-refractivity contribution is 5.89. The van der Waals surface area contributed by atoms with E-state index < -0.39 is 5.97 Å². The first-order valence-corrected chi connectivity index (χ1v) is 6.37. The van der Waals surface area contributed by atoms with Crippen LogP contribution in [0.5, 0.6) is 0 Å². The molecule has 0 saturated carbocycles. The number of hydrogen-bond acceptors (Lipinski definition) is 3. The average Bonchev–Trinajstić information content (AvgIpc) is 2.25. The summed E-state index contributed by atoms with van der Waals surface area (Å²) in [5.41, 5.74) is 0.183. The lowest BCUT2D eigenvalue weighted by atomic mass is 10.0. The molecule has 0 radical (unpaired) electrons. The smallest absolute Gasteiger partial charge is 0.356 e. The van der Waals surface area contributed by atoms with Gasteiger partial charge in [-0.15, -0.1) is 0 Å². The molecule has 0 aromatic rings. The maximum Gasteiger partial charge on any atom is 0.356 e. The van der Waals surface area contributed by atoms with Crippen LogP contribution >= 0.6 is 0 Å². The second kappa shape index (κ2) is 8.97. The third-order valence-corrected chi connectivity index (χ3v) is 2.44. The van der Waals surface area contributed by atoms with E-state index in [1.54, 1.807) is 13.1 Å². The SMILES string of the molecule is C=C(N=CC(C)CCCC(C)C)C(=O)OCC. The van der Waals surface area contributed by atoms with Crippen LogP contribution in [0.25, 0.3) is 0 Å². The molecule has 0 heterocycles. The van der Waals surface area contributed by atoms with Crippen LogP contribution in [0.1, 0.15) is 47.0 Å². The van der Waals surface area contributed by atoms with E-state index in [4.69, 9.17) is 4.74 Å². The Morgan fingerprint density at radius 3 is 2.53 bits per heavy atom. The molecule has 0 N–H and O–H groups in total. The van der Waals surface area contributed by atoms with Crippen molar-refractivity contribution in [3.63, 3.8) is 0 Å². The molecule has 0 saturated heterocycles. The monoisotopic (exact) mass is 239 g/mol. The van der Waals surface area contributed by atoms with Crippen molar-refractivity contribution in [3.8, 4) is 0 Å². The van der Waals surface area contributed by atoms with E-state index in [0.717, 1.165) is 12.3 Å². The van der Waals surface area contributed by atoms with E-state index in [1.807, 2.05) is 0 Å². The van der Waals surface area contributed by atoms with E-state index >= 15 is 0 Å². The average molecular weight is 239 g/mol. The van der Waals surface area contributed by atoms with Gasteiger partial charge in [0, 0.05) is 6.21 Å². The molecule has 17 heavy (non-hydrogen) atoms. The summed E-state index contributed by atoms with van der Waals surface area (Å²) in [5, 5.41) is 0. The van der Waals surface area contributed by atoms with Crippen molar-refractivity contribution >= 4 is 12.2 Å². The van der Waals surface area contributed by atoms with Gasteiger partial charge < -0.3 is 4.74 Å². The minimum Gasteiger partial charge on any atom is -0.461 e. The van der Waals surface area contributed by atoms with E-state index in [-0.39, 0.29) is 5.70 Å². The number of nitrogens with zero attached hydrogens (tertiary/aromatic N) is 1. The predicted molar refractivity (Wildman–Crippen MR) is 72.1 cm³/mol. The Bertz CT molecular complexity index is 269. The highest BCUT2D eigenvalue weighted by atomic mass is 16.5. The minimum atomic E-state index is -0.432. The number of rotatable bonds is 8. The molecule has 0 aliphatic carbocycles. The second-order valence-corrected chi connectivity index (χ2v) is 4.75. The zero-order valence-corrected chi connectivity index (χ0v) is 11.5. The number of carbonyl (C=O) groups excluding carboxylic acids is 1. The first-order valence-electron chi connectivity index (χ1n) is 6.37. The van der Waals surface area contributed by atoms with E-state index in [2.05, 4.69) is 32.3 Å². The van der Waals surface area contributed by atoms with Gasteiger partial charge in [-0.2, -0.15) is 0 Å². The lowest BCUT2D eigenvalue weighted by molar-refractivity contribution is -0.138. The normalized spacial score (nSPS) is 13.0. The molecule has 0 aliphatic heterocycles.